The molecule has 0 nitrogen and oxygen atoms in total. The van der Waals surface area contributed by atoms with Gasteiger partial charge in [-0.05, 0) is 0 Å². The molecule has 0 saturated heterocycles. The van der Waals surface area contributed by atoms with Crippen molar-refractivity contribution in [1.29, 1.82) is 0 Å². The van der Waals surface area contributed by atoms with Crippen LogP contribution in [0.5, 0.6) is 0 Å². The van der Waals surface area contributed by atoms with E-state index in [0.717, 1.165) is 0 Å². The predicted molar refractivity (Wildman–Crippen MR) is 34.8 cm³/mol. The van der Waals surface area contributed by atoms with Gasteiger partial charge in [0.2, 0.25) is 0 Å². The quantitative estimate of drug-likeness (QED) is 0.555. The smallest absolute Gasteiger partial charge is 0 e. The zero-order valence-electron chi connectivity index (χ0n) is 5.81. The van der Waals surface area contributed by atoms with Gasteiger partial charge in [0, 0.05) is 32.7 Å². The van der Waals surface area contributed by atoms with Crippen LogP contribution in [0.25, 0.3) is 0 Å². The van der Waals surface area contributed by atoms with Crippen LogP contribution in [-0.2, 0) is 32.7 Å². The molecule has 0 saturated carbocycles. The monoisotopic (exact) mass is 194 g/mol. The number of hydrogen-bond acceptors (Lipinski definition) is 0. The number of hydrogen-bond donors (Lipinski definition) is 0. The van der Waals surface area contributed by atoms with Crippen molar-refractivity contribution in [1.82, 2.24) is 0 Å². The molecule has 0 amide bonds. The Balaban J connectivity index is 0.000000640. The Kier molecular flexibility index (Phi) is 4.34. The van der Waals surface area contributed by atoms with Crippen molar-refractivity contribution in [2.45, 2.75) is 13.8 Å². The van der Waals surface area contributed by atoms with E-state index in [1.54, 1.807) is 0 Å². The van der Waals surface area contributed by atoms with Crippen LogP contribution in [0.3, 0.4) is 0 Å². The molecule has 0 spiro atoms. The molecule has 9 heavy (non-hydrogen) atoms. The Labute approximate surface area is 81.5 Å². The normalized spacial score (nSPS) is 8.22. The molecule has 1 heteroatoms. The molecule has 0 aliphatic heterocycles. The molecule has 0 atom stereocenters. The molecule has 1 aromatic carbocycles. The molecule has 0 heterocycles. The van der Waals surface area contributed by atoms with Gasteiger partial charge >= 0.3 is 0 Å². The molecule has 1 aromatic rings. The van der Waals surface area contributed by atoms with Crippen molar-refractivity contribution in [3.05, 3.63) is 35.4 Å². The zero-order valence-corrected chi connectivity index (χ0v) is 8.65. The van der Waals surface area contributed by atoms with Crippen molar-refractivity contribution < 1.29 is 32.7 Å². The summed E-state index contributed by atoms with van der Waals surface area (Å²) in [5, 5.41) is 0. The van der Waals surface area contributed by atoms with Gasteiger partial charge in [-0.2, -0.15) is 35.4 Å². The van der Waals surface area contributed by atoms with Gasteiger partial charge in [0.05, 0.1) is 0 Å². The van der Waals surface area contributed by atoms with E-state index in [4.69, 9.17) is 0 Å². The van der Waals surface area contributed by atoms with E-state index < -0.39 is 0 Å². The van der Waals surface area contributed by atoms with Crippen LogP contribution in [-0.4, -0.2) is 0 Å². The van der Waals surface area contributed by atoms with Crippen molar-refractivity contribution in [3.63, 3.8) is 0 Å². The Bertz CT molecular complexity index is 164. The van der Waals surface area contributed by atoms with E-state index in [1.165, 1.54) is 11.1 Å². The standard InChI is InChI=1S/C8H9.Y/c1-7-4-3-5-8(2)6-7;/h3-5H,1-2H3;/q-1;. The summed E-state index contributed by atoms with van der Waals surface area (Å²) in [4.78, 5) is 0. The first-order valence-corrected chi connectivity index (χ1v) is 2.74. The molecule has 0 fully saturated rings. The van der Waals surface area contributed by atoms with Crippen LogP contribution in [0.4, 0.5) is 0 Å². The third kappa shape index (κ3) is 3.12. The summed E-state index contributed by atoms with van der Waals surface area (Å²) in [5.74, 6) is 0. The van der Waals surface area contributed by atoms with E-state index in [2.05, 4.69) is 6.07 Å². The summed E-state index contributed by atoms with van der Waals surface area (Å²) in [7, 11) is 0. The zero-order chi connectivity index (χ0) is 5.98. The molecule has 1 radical (unpaired) electrons. The maximum Gasteiger partial charge on any atom is 0 e. The van der Waals surface area contributed by atoms with Crippen LogP contribution in [0.15, 0.2) is 18.2 Å². The molecule has 0 aliphatic rings. The van der Waals surface area contributed by atoms with Gasteiger partial charge in [-0.1, -0.05) is 13.8 Å². The first-order chi connectivity index (χ1) is 3.79. The molecule has 0 aliphatic carbocycles. The minimum Gasteiger partial charge on any atom is -0.177 e. The summed E-state index contributed by atoms with van der Waals surface area (Å²) in [6.07, 6.45) is 0. The third-order valence-corrected chi connectivity index (χ3v) is 1.09. The second-order valence-electron chi connectivity index (χ2n) is 2.02. The number of aryl methyl sites for hydroxylation is 2. The van der Waals surface area contributed by atoms with Crippen LogP contribution in [0.1, 0.15) is 11.1 Å². The molecule has 0 bridgehead atoms. The fourth-order valence-corrected chi connectivity index (χ4v) is 0.731. The van der Waals surface area contributed by atoms with Gasteiger partial charge < -0.3 is 0 Å². The molecule has 0 aromatic heterocycles. The molecule has 0 unspecified atom stereocenters. The van der Waals surface area contributed by atoms with Crippen molar-refractivity contribution in [2.24, 2.45) is 0 Å². The van der Waals surface area contributed by atoms with Gasteiger partial charge in [-0.3, -0.25) is 0 Å². The summed E-state index contributed by atoms with van der Waals surface area (Å²) in [6, 6.07) is 9.31. The van der Waals surface area contributed by atoms with Gasteiger partial charge in [0.25, 0.3) is 0 Å². The Morgan fingerprint density at radius 2 is 1.56 bits per heavy atom. The fourth-order valence-electron chi connectivity index (χ4n) is 0.731. The van der Waals surface area contributed by atoms with E-state index >= 15 is 0 Å². The van der Waals surface area contributed by atoms with Crippen molar-refractivity contribution in [3.8, 4) is 0 Å². The van der Waals surface area contributed by atoms with Gasteiger partial charge in [0.1, 0.15) is 0 Å². The second kappa shape index (κ2) is 4.19. The SMILES string of the molecule is Cc1[c-]c(C)ccc1.[Y]. The molecular weight excluding hydrogens is 185 g/mol. The topological polar surface area (TPSA) is 0 Å². The maximum absolute atomic E-state index is 3.17. The summed E-state index contributed by atoms with van der Waals surface area (Å²) >= 11 is 0. The van der Waals surface area contributed by atoms with Crippen molar-refractivity contribution in [2.75, 3.05) is 0 Å². The molecule has 45 valence electrons. The number of rotatable bonds is 0. The molecule has 0 N–H and O–H groups in total. The first kappa shape index (κ1) is 9.32. The summed E-state index contributed by atoms with van der Waals surface area (Å²) in [5.41, 5.74) is 2.43. The van der Waals surface area contributed by atoms with E-state index in [0.29, 0.717) is 0 Å². The average molecular weight is 194 g/mol. The van der Waals surface area contributed by atoms with Gasteiger partial charge in [-0.15, -0.1) is 0 Å². The minimum absolute atomic E-state index is 0. The summed E-state index contributed by atoms with van der Waals surface area (Å²) < 4.78 is 0. The van der Waals surface area contributed by atoms with Crippen LogP contribution in [0.2, 0.25) is 0 Å². The van der Waals surface area contributed by atoms with Gasteiger partial charge in [0.15, 0.2) is 0 Å². The van der Waals surface area contributed by atoms with E-state index in [1.807, 2.05) is 32.0 Å². The Morgan fingerprint density at radius 1 is 1.11 bits per heavy atom. The fraction of sp³-hybridized carbons (Fsp3) is 0.250. The van der Waals surface area contributed by atoms with Gasteiger partial charge in [-0.25, -0.2) is 0 Å². The average Bonchev–Trinajstić information content (AvgIpc) is 1.64. The predicted octanol–water partition coefficient (Wildman–Crippen LogP) is 2.10. The van der Waals surface area contributed by atoms with Crippen molar-refractivity contribution >= 4 is 0 Å². The Hall–Kier alpha value is 0.324. The first-order valence-electron chi connectivity index (χ1n) is 2.74. The van der Waals surface area contributed by atoms with Crippen LogP contribution < -0.4 is 0 Å². The van der Waals surface area contributed by atoms with E-state index in [9.17, 15) is 0 Å². The molecular formula is C8H9Y-. The molecule has 1 rings (SSSR count). The van der Waals surface area contributed by atoms with E-state index in [-0.39, 0.29) is 32.7 Å². The maximum atomic E-state index is 3.17. The number of benzene rings is 1. The summed E-state index contributed by atoms with van der Waals surface area (Å²) in [6.45, 7) is 4.10. The third-order valence-electron chi connectivity index (χ3n) is 1.09. The van der Waals surface area contributed by atoms with Crippen LogP contribution in [0, 0.1) is 19.9 Å². The second-order valence-corrected chi connectivity index (χ2v) is 2.02. The minimum atomic E-state index is 0. The largest absolute Gasteiger partial charge is 0.177 e. The van der Waals surface area contributed by atoms with Crippen LogP contribution >= 0.6 is 0 Å². The Morgan fingerprint density at radius 3 is 1.78 bits per heavy atom.